The van der Waals surface area contributed by atoms with Crippen LogP contribution in [-0.4, -0.2) is 37.1 Å². The molecule has 0 atom stereocenters. The van der Waals surface area contributed by atoms with Crippen LogP contribution in [0.5, 0.6) is 0 Å². The minimum absolute atomic E-state index is 0.00449. The Labute approximate surface area is 88.6 Å². The molecule has 2 rings (SSSR count). The minimum Gasteiger partial charge on any atom is -0.423 e. The molecular weight excluding hydrogens is 193 g/mol. The first kappa shape index (κ1) is 10.2. The molecule has 1 amide bonds. The Morgan fingerprint density at radius 3 is 2.93 bits per heavy atom. The molecule has 1 heterocycles. The summed E-state index contributed by atoms with van der Waals surface area (Å²) < 4.78 is 4.79. The summed E-state index contributed by atoms with van der Waals surface area (Å²) in [6.45, 7) is 0.636. The summed E-state index contributed by atoms with van der Waals surface area (Å²) in [4.78, 5) is 13.3. The van der Waals surface area contributed by atoms with Gasteiger partial charge in [0.2, 0.25) is 0 Å². The number of carbonyl (C=O) groups excluding carboxylic acids is 1. The van der Waals surface area contributed by atoms with Crippen LogP contribution in [0.1, 0.15) is 15.9 Å². The Bertz CT molecular complexity index is 408. The molecule has 1 aromatic carbocycles. The average Bonchev–Trinajstić information content (AvgIpc) is 2.54. The van der Waals surface area contributed by atoms with E-state index in [-0.39, 0.29) is 5.91 Å². The lowest BCUT2D eigenvalue weighted by molar-refractivity contribution is 0.0816. The van der Waals surface area contributed by atoms with E-state index in [1.807, 2.05) is 6.07 Å². The van der Waals surface area contributed by atoms with Crippen LogP contribution in [0.3, 0.4) is 0 Å². The number of fused-ring (bicyclic) bond motifs is 1. The second-order valence-electron chi connectivity index (χ2n) is 3.67. The molecule has 0 spiro atoms. The van der Waals surface area contributed by atoms with Crippen LogP contribution in [0.2, 0.25) is 0 Å². The van der Waals surface area contributed by atoms with E-state index in [2.05, 4.69) is 0 Å². The van der Waals surface area contributed by atoms with Crippen molar-refractivity contribution < 1.29 is 14.5 Å². The van der Waals surface area contributed by atoms with Crippen molar-refractivity contribution in [2.45, 2.75) is 6.54 Å². The third kappa shape index (κ3) is 1.64. The molecule has 0 aromatic heterocycles. The topological polar surface area (TPSA) is 49.8 Å². The fourth-order valence-corrected chi connectivity index (χ4v) is 1.75. The standard InChI is InChI=1S/C10H12BNO3/c1-12-6-7-3-4-8(11(14)15-2)5-9(7)10(12)13/h3-5,14H,6H2,1-2H3. The second kappa shape index (κ2) is 3.68. The van der Waals surface area contributed by atoms with Crippen molar-refractivity contribution in [2.24, 2.45) is 0 Å². The summed E-state index contributed by atoms with van der Waals surface area (Å²) in [5.41, 5.74) is 2.26. The molecule has 0 fully saturated rings. The normalized spacial score (nSPS) is 14.3. The Hall–Kier alpha value is -1.33. The number of carbonyl (C=O) groups is 1. The second-order valence-corrected chi connectivity index (χ2v) is 3.67. The third-order valence-electron chi connectivity index (χ3n) is 2.63. The Morgan fingerprint density at radius 1 is 1.53 bits per heavy atom. The zero-order valence-electron chi connectivity index (χ0n) is 8.73. The fraction of sp³-hybridized carbons (Fsp3) is 0.300. The molecule has 1 aliphatic rings. The first-order valence-corrected chi connectivity index (χ1v) is 4.72. The van der Waals surface area contributed by atoms with Gasteiger partial charge in [0.1, 0.15) is 0 Å². The van der Waals surface area contributed by atoms with Crippen molar-refractivity contribution in [3.63, 3.8) is 0 Å². The smallest absolute Gasteiger partial charge is 0.423 e. The highest BCUT2D eigenvalue weighted by Crippen LogP contribution is 2.19. The van der Waals surface area contributed by atoms with Crippen LogP contribution in [-0.2, 0) is 11.2 Å². The van der Waals surface area contributed by atoms with Crippen LogP contribution in [0.4, 0.5) is 0 Å². The molecule has 1 aliphatic heterocycles. The lowest BCUT2D eigenvalue weighted by Crippen LogP contribution is -2.32. The maximum absolute atomic E-state index is 11.7. The third-order valence-corrected chi connectivity index (χ3v) is 2.63. The van der Waals surface area contributed by atoms with Crippen LogP contribution in [0.25, 0.3) is 0 Å². The quantitative estimate of drug-likeness (QED) is 0.668. The Morgan fingerprint density at radius 2 is 2.27 bits per heavy atom. The first-order chi connectivity index (χ1) is 7.13. The van der Waals surface area contributed by atoms with Crippen LogP contribution in [0.15, 0.2) is 18.2 Å². The molecule has 78 valence electrons. The summed E-state index contributed by atoms with van der Waals surface area (Å²) in [5.74, 6) is -0.00449. The lowest BCUT2D eigenvalue weighted by atomic mass is 9.78. The van der Waals surface area contributed by atoms with E-state index < -0.39 is 7.12 Å². The van der Waals surface area contributed by atoms with Gasteiger partial charge in [0.25, 0.3) is 5.91 Å². The van der Waals surface area contributed by atoms with Gasteiger partial charge in [0.15, 0.2) is 0 Å². The van der Waals surface area contributed by atoms with Gasteiger partial charge >= 0.3 is 7.12 Å². The molecule has 0 radical (unpaired) electrons. The first-order valence-electron chi connectivity index (χ1n) is 4.72. The van der Waals surface area contributed by atoms with Crippen LogP contribution < -0.4 is 5.46 Å². The van der Waals surface area contributed by atoms with E-state index in [4.69, 9.17) is 4.65 Å². The molecule has 0 aliphatic carbocycles. The Balaban J connectivity index is 2.39. The summed E-state index contributed by atoms with van der Waals surface area (Å²) in [6, 6.07) is 5.32. The van der Waals surface area contributed by atoms with E-state index >= 15 is 0 Å². The van der Waals surface area contributed by atoms with Crippen LogP contribution in [0, 0.1) is 0 Å². The molecule has 15 heavy (non-hydrogen) atoms. The van der Waals surface area contributed by atoms with Gasteiger partial charge < -0.3 is 14.6 Å². The molecule has 4 nitrogen and oxygen atoms in total. The highest BCUT2D eigenvalue weighted by Gasteiger charge is 2.26. The van der Waals surface area contributed by atoms with E-state index in [9.17, 15) is 9.82 Å². The number of benzene rings is 1. The monoisotopic (exact) mass is 205 g/mol. The molecule has 1 aromatic rings. The van der Waals surface area contributed by atoms with Crippen molar-refractivity contribution in [3.05, 3.63) is 29.3 Å². The van der Waals surface area contributed by atoms with E-state index in [1.165, 1.54) is 7.11 Å². The summed E-state index contributed by atoms with van der Waals surface area (Å²) in [7, 11) is 2.22. The average molecular weight is 205 g/mol. The molecule has 0 bridgehead atoms. The maximum atomic E-state index is 11.7. The number of hydrogen-bond acceptors (Lipinski definition) is 3. The molecule has 0 unspecified atom stereocenters. The largest absolute Gasteiger partial charge is 0.490 e. The zero-order chi connectivity index (χ0) is 11.0. The highest BCUT2D eigenvalue weighted by atomic mass is 16.5. The van der Waals surface area contributed by atoms with Gasteiger partial charge in [-0.15, -0.1) is 0 Å². The van der Waals surface area contributed by atoms with Gasteiger partial charge in [-0.25, -0.2) is 0 Å². The maximum Gasteiger partial charge on any atom is 0.490 e. The SMILES string of the molecule is COB(O)c1ccc2c(c1)C(=O)N(C)C2. The molecule has 5 heteroatoms. The number of nitrogens with zero attached hydrogens (tertiary/aromatic N) is 1. The summed E-state index contributed by atoms with van der Waals surface area (Å²) in [5, 5.41) is 9.47. The number of amides is 1. The van der Waals surface area contributed by atoms with Gasteiger partial charge in [-0.3, -0.25) is 4.79 Å². The molecule has 0 saturated carbocycles. The van der Waals surface area contributed by atoms with Crippen molar-refractivity contribution in [1.82, 2.24) is 4.90 Å². The molecular formula is C10H12BNO3. The van der Waals surface area contributed by atoms with Crippen molar-refractivity contribution >= 4 is 18.5 Å². The molecule has 0 saturated heterocycles. The van der Waals surface area contributed by atoms with E-state index in [0.29, 0.717) is 17.6 Å². The van der Waals surface area contributed by atoms with Crippen molar-refractivity contribution in [3.8, 4) is 0 Å². The Kier molecular flexibility index (Phi) is 2.50. The predicted molar refractivity (Wildman–Crippen MR) is 56.9 cm³/mol. The lowest BCUT2D eigenvalue weighted by Gasteiger charge is -2.05. The van der Waals surface area contributed by atoms with Gasteiger partial charge in [-0.1, -0.05) is 12.1 Å². The van der Waals surface area contributed by atoms with Gasteiger partial charge in [0.05, 0.1) is 0 Å². The van der Waals surface area contributed by atoms with Gasteiger partial charge in [-0.05, 0) is 17.1 Å². The van der Waals surface area contributed by atoms with Crippen molar-refractivity contribution in [2.75, 3.05) is 14.2 Å². The summed E-state index contributed by atoms with van der Waals surface area (Å²) in [6.07, 6.45) is 0. The summed E-state index contributed by atoms with van der Waals surface area (Å²) >= 11 is 0. The van der Waals surface area contributed by atoms with E-state index in [1.54, 1.807) is 24.1 Å². The zero-order valence-corrected chi connectivity index (χ0v) is 8.73. The number of hydrogen-bond donors (Lipinski definition) is 1. The number of rotatable bonds is 2. The van der Waals surface area contributed by atoms with Gasteiger partial charge in [0, 0.05) is 26.3 Å². The predicted octanol–water partition coefficient (Wildman–Crippen LogP) is -0.394. The van der Waals surface area contributed by atoms with Crippen LogP contribution >= 0.6 is 0 Å². The van der Waals surface area contributed by atoms with Crippen molar-refractivity contribution in [1.29, 1.82) is 0 Å². The van der Waals surface area contributed by atoms with Gasteiger partial charge in [-0.2, -0.15) is 0 Å². The highest BCUT2D eigenvalue weighted by molar-refractivity contribution is 6.60. The minimum atomic E-state index is -0.964. The van der Waals surface area contributed by atoms with E-state index in [0.717, 1.165) is 5.56 Å². The molecule has 1 N–H and O–H groups in total. The fourth-order valence-electron chi connectivity index (χ4n) is 1.75.